The number of nitrogens with zero attached hydrogens (tertiary/aromatic N) is 5. The summed E-state index contributed by atoms with van der Waals surface area (Å²) in [5.41, 5.74) is 0.0998. The van der Waals surface area contributed by atoms with E-state index in [1.54, 1.807) is 66.7 Å². The number of halogens is 1. The van der Waals surface area contributed by atoms with Crippen molar-refractivity contribution in [2.45, 2.75) is 59.7 Å². The summed E-state index contributed by atoms with van der Waals surface area (Å²) in [4.78, 5) is 35.1. The van der Waals surface area contributed by atoms with Gasteiger partial charge in [-0.05, 0) is 83.3 Å². The third kappa shape index (κ3) is 9.00. The van der Waals surface area contributed by atoms with Gasteiger partial charge >= 0.3 is 12.2 Å². The first-order valence-electron chi connectivity index (χ1n) is 11.6. The summed E-state index contributed by atoms with van der Waals surface area (Å²) >= 11 is 6.02. The fourth-order valence-corrected chi connectivity index (χ4v) is 3.12. The Morgan fingerprint density at radius 3 is 2.26 bits per heavy atom. The molecule has 0 atom stereocenters. The van der Waals surface area contributed by atoms with Crippen molar-refractivity contribution in [2.24, 2.45) is 5.10 Å². The number of aromatic nitrogens is 2. The first kappa shape index (κ1) is 30.5. The molecule has 0 bridgehead atoms. The summed E-state index contributed by atoms with van der Waals surface area (Å²) in [6, 6.07) is 6.58. The van der Waals surface area contributed by atoms with Crippen molar-refractivity contribution >= 4 is 47.6 Å². The number of ether oxygens (including phenoxy) is 4. The van der Waals surface area contributed by atoms with E-state index >= 15 is 0 Å². The monoisotopic (exact) mass is 547 g/mol. The van der Waals surface area contributed by atoms with Gasteiger partial charge in [-0.1, -0.05) is 6.07 Å². The maximum absolute atomic E-state index is 13.3. The van der Waals surface area contributed by atoms with Crippen LogP contribution >= 0.6 is 11.6 Å². The Hall–Kier alpha value is -3.70. The van der Waals surface area contributed by atoms with Crippen molar-refractivity contribution in [1.29, 1.82) is 0 Å². The second kappa shape index (κ2) is 12.7. The Morgan fingerprint density at radius 2 is 1.71 bits per heavy atom. The average molecular weight is 548 g/mol. The van der Waals surface area contributed by atoms with Crippen molar-refractivity contribution in [3.63, 3.8) is 0 Å². The minimum atomic E-state index is -0.790. The number of benzene rings is 1. The lowest BCUT2D eigenvalue weighted by molar-refractivity contribution is 0.0341. The minimum Gasteiger partial charge on any atom is -0.465 e. The zero-order chi connectivity index (χ0) is 28.7. The lowest BCUT2D eigenvalue weighted by atomic mass is 10.1. The number of hydrazone groups is 1. The molecular formula is C26H34ClN5O6. The number of hydrogen-bond donors (Lipinski definition) is 0. The van der Waals surface area contributed by atoms with Crippen molar-refractivity contribution in [1.82, 2.24) is 15.0 Å². The van der Waals surface area contributed by atoms with Gasteiger partial charge in [0.2, 0.25) is 5.28 Å². The Balaban J connectivity index is 2.59. The highest BCUT2D eigenvalue weighted by Gasteiger charge is 2.29. The second-order valence-corrected chi connectivity index (χ2v) is 10.3. The molecule has 1 aromatic carbocycles. The molecule has 0 radical (unpaired) electrons. The number of carbonyl (C=O) groups excluding carboxylic acids is 2. The lowest BCUT2D eigenvalue weighted by Gasteiger charge is -2.28. The molecule has 0 N–H and O–H groups in total. The van der Waals surface area contributed by atoms with Gasteiger partial charge in [0, 0.05) is 32.3 Å². The van der Waals surface area contributed by atoms with Crippen molar-refractivity contribution in [3.8, 4) is 5.75 Å². The second-order valence-electron chi connectivity index (χ2n) is 10.0. The van der Waals surface area contributed by atoms with Crippen LogP contribution in [-0.4, -0.2) is 59.0 Å². The zero-order valence-corrected chi connectivity index (χ0v) is 23.7. The van der Waals surface area contributed by atoms with E-state index < -0.39 is 23.4 Å². The van der Waals surface area contributed by atoms with E-state index in [1.807, 2.05) is 0 Å². The number of hydrogen-bond acceptors (Lipinski definition) is 9. The molecule has 1 heterocycles. The van der Waals surface area contributed by atoms with Gasteiger partial charge in [-0.2, -0.15) is 15.1 Å². The molecule has 2 rings (SSSR count). The summed E-state index contributed by atoms with van der Waals surface area (Å²) in [7, 11) is 1.47. The topological polar surface area (TPSA) is 116 Å². The minimum absolute atomic E-state index is 0.0509. The number of carbonyl (C=O) groups is 2. The summed E-state index contributed by atoms with van der Waals surface area (Å²) in [6.45, 7) is 15.6. The van der Waals surface area contributed by atoms with Gasteiger partial charge in [0.15, 0.2) is 6.79 Å². The highest BCUT2D eigenvalue weighted by Crippen LogP contribution is 2.37. The molecule has 12 heteroatoms. The molecule has 0 unspecified atom stereocenters. The highest BCUT2D eigenvalue weighted by atomic mass is 35.5. The van der Waals surface area contributed by atoms with Crippen LogP contribution in [-0.2, 0) is 14.2 Å². The van der Waals surface area contributed by atoms with Crippen LogP contribution in [0.2, 0.25) is 5.28 Å². The van der Waals surface area contributed by atoms with Gasteiger partial charge in [0.1, 0.15) is 22.8 Å². The number of methoxy groups -OCH3 is 1. The standard InChI is InChI=1S/C26H34ClN5O6/c1-17(15-31(28-8)23(33)37-25(2,3)4)18-10-11-19(20(14-18)36-16-35-9)32(24(34)38-26(5,6)7)21-12-13-29-22(27)30-21/h10-15H,8,16H2,1-7,9H3/b17-15+. The van der Waals surface area contributed by atoms with Gasteiger partial charge in [-0.3, -0.25) is 0 Å². The van der Waals surface area contributed by atoms with E-state index in [1.165, 1.54) is 30.5 Å². The molecule has 38 heavy (non-hydrogen) atoms. The first-order valence-corrected chi connectivity index (χ1v) is 12.0. The molecule has 0 aliphatic carbocycles. The van der Waals surface area contributed by atoms with Crippen LogP contribution < -0.4 is 9.64 Å². The Morgan fingerprint density at radius 1 is 1.08 bits per heavy atom. The predicted octanol–water partition coefficient (Wildman–Crippen LogP) is 6.40. The van der Waals surface area contributed by atoms with Gasteiger partial charge in [0.05, 0.1) is 5.69 Å². The molecule has 0 fully saturated rings. The van der Waals surface area contributed by atoms with Crippen molar-refractivity contribution in [3.05, 3.63) is 47.5 Å². The van der Waals surface area contributed by atoms with Gasteiger partial charge in [-0.15, -0.1) is 0 Å². The number of anilines is 2. The summed E-state index contributed by atoms with van der Waals surface area (Å²) in [6.07, 6.45) is 1.51. The molecule has 0 aliphatic heterocycles. The van der Waals surface area contributed by atoms with Gasteiger partial charge in [0.25, 0.3) is 0 Å². The molecule has 2 aromatic rings. The van der Waals surface area contributed by atoms with E-state index in [4.69, 9.17) is 30.5 Å². The smallest absolute Gasteiger partial charge is 0.435 e. The molecule has 2 amide bonds. The van der Waals surface area contributed by atoms with E-state index in [0.29, 0.717) is 16.8 Å². The molecule has 0 aliphatic rings. The normalized spacial score (nSPS) is 12.0. The quantitative estimate of drug-likeness (QED) is 0.161. The van der Waals surface area contributed by atoms with E-state index in [-0.39, 0.29) is 23.6 Å². The van der Waals surface area contributed by atoms with Crippen molar-refractivity contribution in [2.75, 3.05) is 18.8 Å². The zero-order valence-electron chi connectivity index (χ0n) is 22.9. The first-order chi connectivity index (χ1) is 17.6. The average Bonchev–Trinajstić information content (AvgIpc) is 2.79. The van der Waals surface area contributed by atoms with Crippen LogP contribution in [0.15, 0.2) is 41.8 Å². The Labute approximate surface area is 228 Å². The van der Waals surface area contributed by atoms with Crippen molar-refractivity contribution < 1.29 is 28.5 Å². The molecule has 11 nitrogen and oxygen atoms in total. The van der Waals surface area contributed by atoms with Crippen LogP contribution in [0.4, 0.5) is 21.1 Å². The number of amides is 2. The molecule has 0 saturated heterocycles. The van der Waals surface area contributed by atoms with Crippen LogP contribution in [0.25, 0.3) is 5.57 Å². The Kier molecular flexibility index (Phi) is 10.2. The third-order valence-electron chi connectivity index (χ3n) is 4.45. The summed E-state index contributed by atoms with van der Waals surface area (Å²) in [5.74, 6) is 0.446. The Bertz CT molecular complexity index is 1190. The van der Waals surface area contributed by atoms with Crippen LogP contribution in [0, 0.1) is 0 Å². The molecule has 0 spiro atoms. The largest absolute Gasteiger partial charge is 0.465 e. The maximum Gasteiger partial charge on any atom is 0.435 e. The summed E-state index contributed by atoms with van der Waals surface area (Å²) < 4.78 is 21.9. The third-order valence-corrected chi connectivity index (χ3v) is 4.64. The van der Waals surface area contributed by atoms with Crippen LogP contribution in [0.3, 0.4) is 0 Å². The van der Waals surface area contributed by atoms with E-state index in [2.05, 4.69) is 21.8 Å². The molecule has 0 saturated carbocycles. The van der Waals surface area contributed by atoms with E-state index in [9.17, 15) is 9.59 Å². The molecular weight excluding hydrogens is 514 g/mol. The SMILES string of the molecule is C=NN(/C=C(\C)c1ccc(N(C(=O)OC(C)(C)C)c2ccnc(Cl)n2)c(OCOC)c1)C(=O)OC(C)(C)C. The van der Waals surface area contributed by atoms with Crippen LogP contribution in [0.5, 0.6) is 5.75 Å². The number of rotatable bonds is 8. The van der Waals surface area contributed by atoms with E-state index in [0.717, 1.165) is 5.01 Å². The molecule has 206 valence electrons. The highest BCUT2D eigenvalue weighted by molar-refractivity contribution is 6.28. The lowest BCUT2D eigenvalue weighted by Crippen LogP contribution is -2.34. The molecule has 1 aromatic heterocycles. The fraction of sp³-hybridized carbons (Fsp3) is 0.423. The summed E-state index contributed by atoms with van der Waals surface area (Å²) in [5, 5.41) is 4.69. The maximum atomic E-state index is 13.3. The van der Waals surface area contributed by atoms with Gasteiger partial charge in [-0.25, -0.2) is 19.5 Å². The number of allylic oxidation sites excluding steroid dienone is 1. The van der Waals surface area contributed by atoms with Crippen LogP contribution in [0.1, 0.15) is 54.0 Å². The predicted molar refractivity (Wildman–Crippen MR) is 146 cm³/mol. The van der Waals surface area contributed by atoms with Gasteiger partial charge < -0.3 is 18.9 Å². The fourth-order valence-electron chi connectivity index (χ4n) is 2.97.